The van der Waals surface area contributed by atoms with Crippen LogP contribution >= 0.6 is 0 Å². The van der Waals surface area contributed by atoms with Crippen LogP contribution in [0.15, 0.2) is 59.1 Å². The van der Waals surface area contributed by atoms with Crippen molar-refractivity contribution in [1.29, 1.82) is 0 Å². The lowest BCUT2D eigenvalue weighted by Gasteiger charge is -2.02. The lowest BCUT2D eigenvalue weighted by molar-refractivity contribution is 0.315. The van der Waals surface area contributed by atoms with Gasteiger partial charge in [0.2, 0.25) is 0 Å². The molecule has 1 heterocycles. The van der Waals surface area contributed by atoms with Crippen molar-refractivity contribution in [2.45, 2.75) is 6.42 Å². The zero-order valence-electron chi connectivity index (χ0n) is 11.4. The zero-order valence-corrected chi connectivity index (χ0v) is 11.4. The molecule has 21 heavy (non-hydrogen) atoms. The molecule has 3 aromatic rings. The van der Waals surface area contributed by atoms with E-state index in [0.29, 0.717) is 30.4 Å². The normalized spacial score (nSPS) is 10.5. The van der Waals surface area contributed by atoms with Gasteiger partial charge in [-0.25, -0.2) is 0 Å². The summed E-state index contributed by atoms with van der Waals surface area (Å²) in [5.74, 6) is 1.95. The topological polar surface area (TPSA) is 74.2 Å². The molecule has 0 fully saturated rings. The Kier molecular flexibility index (Phi) is 3.82. The molecule has 0 aliphatic rings. The van der Waals surface area contributed by atoms with E-state index in [4.69, 9.17) is 15.0 Å². The van der Waals surface area contributed by atoms with E-state index in [1.807, 2.05) is 42.5 Å². The molecule has 0 amide bonds. The fraction of sp³-hybridized carbons (Fsp3) is 0.125. The number of aromatic nitrogens is 2. The van der Waals surface area contributed by atoms with Crippen molar-refractivity contribution in [2.75, 3.05) is 12.3 Å². The number of para-hydroxylation sites is 1. The molecular formula is C16H15N3O2. The monoisotopic (exact) mass is 281 g/mol. The van der Waals surface area contributed by atoms with Crippen LogP contribution in [0.4, 0.5) is 5.69 Å². The Bertz CT molecular complexity index is 693. The lowest BCUT2D eigenvalue weighted by Crippen LogP contribution is -2.02. The summed E-state index contributed by atoms with van der Waals surface area (Å²) in [6.45, 7) is 0.505. The van der Waals surface area contributed by atoms with Gasteiger partial charge in [-0.15, -0.1) is 0 Å². The van der Waals surface area contributed by atoms with Gasteiger partial charge in [0.25, 0.3) is 5.89 Å². The van der Waals surface area contributed by atoms with Gasteiger partial charge in [0.05, 0.1) is 6.61 Å². The Morgan fingerprint density at radius 2 is 1.76 bits per heavy atom. The van der Waals surface area contributed by atoms with Crippen molar-refractivity contribution >= 4 is 5.69 Å². The lowest BCUT2D eigenvalue weighted by atomic mass is 10.2. The second-order valence-electron chi connectivity index (χ2n) is 4.55. The van der Waals surface area contributed by atoms with E-state index in [9.17, 15) is 0 Å². The molecule has 106 valence electrons. The molecule has 0 atom stereocenters. The number of nitrogens with zero attached hydrogens (tertiary/aromatic N) is 2. The first-order valence-corrected chi connectivity index (χ1v) is 6.67. The third-order valence-electron chi connectivity index (χ3n) is 2.96. The fourth-order valence-corrected chi connectivity index (χ4v) is 1.88. The SMILES string of the molecule is Nc1ccc(-c2nc(CCOc3ccccc3)no2)cc1. The van der Waals surface area contributed by atoms with E-state index in [1.54, 1.807) is 12.1 Å². The summed E-state index contributed by atoms with van der Waals surface area (Å²) in [5.41, 5.74) is 7.20. The van der Waals surface area contributed by atoms with E-state index in [2.05, 4.69) is 10.1 Å². The molecule has 0 spiro atoms. The van der Waals surface area contributed by atoms with Crippen LogP contribution in [-0.4, -0.2) is 16.7 Å². The number of nitrogens with two attached hydrogens (primary N) is 1. The summed E-state index contributed by atoms with van der Waals surface area (Å²) in [7, 11) is 0. The minimum Gasteiger partial charge on any atom is -0.493 e. The molecule has 5 heteroatoms. The highest BCUT2D eigenvalue weighted by atomic mass is 16.5. The largest absolute Gasteiger partial charge is 0.493 e. The summed E-state index contributed by atoms with van der Waals surface area (Å²) < 4.78 is 10.8. The second kappa shape index (κ2) is 6.09. The number of ether oxygens (including phenoxy) is 1. The van der Waals surface area contributed by atoms with Gasteiger partial charge < -0.3 is 15.0 Å². The molecule has 0 saturated heterocycles. The Morgan fingerprint density at radius 1 is 1.00 bits per heavy atom. The Hall–Kier alpha value is -2.82. The maximum atomic E-state index is 5.65. The van der Waals surface area contributed by atoms with Crippen LogP contribution in [0.2, 0.25) is 0 Å². The molecule has 0 aliphatic heterocycles. The molecule has 0 bridgehead atoms. The molecular weight excluding hydrogens is 266 g/mol. The Morgan fingerprint density at radius 3 is 2.52 bits per heavy atom. The van der Waals surface area contributed by atoms with Crippen LogP contribution < -0.4 is 10.5 Å². The highest BCUT2D eigenvalue weighted by Gasteiger charge is 2.08. The van der Waals surface area contributed by atoms with Gasteiger partial charge >= 0.3 is 0 Å². The molecule has 5 nitrogen and oxygen atoms in total. The number of benzene rings is 2. The Balaban J connectivity index is 1.59. The summed E-state index contributed by atoms with van der Waals surface area (Å²) in [4.78, 5) is 4.34. The molecule has 3 rings (SSSR count). The van der Waals surface area contributed by atoms with Crippen molar-refractivity contribution < 1.29 is 9.26 Å². The number of hydrogen-bond acceptors (Lipinski definition) is 5. The molecule has 0 aliphatic carbocycles. The number of hydrogen-bond donors (Lipinski definition) is 1. The predicted octanol–water partition coefficient (Wildman–Crippen LogP) is 2.94. The van der Waals surface area contributed by atoms with Gasteiger partial charge in [-0.2, -0.15) is 4.98 Å². The van der Waals surface area contributed by atoms with Crippen LogP contribution in [0.1, 0.15) is 5.82 Å². The van der Waals surface area contributed by atoms with Gasteiger partial charge in [-0.1, -0.05) is 23.4 Å². The van der Waals surface area contributed by atoms with E-state index < -0.39 is 0 Å². The van der Waals surface area contributed by atoms with Crippen LogP contribution in [0.25, 0.3) is 11.5 Å². The van der Waals surface area contributed by atoms with Crippen molar-refractivity contribution in [3.63, 3.8) is 0 Å². The fourth-order valence-electron chi connectivity index (χ4n) is 1.88. The van der Waals surface area contributed by atoms with Gasteiger partial charge in [0.1, 0.15) is 5.75 Å². The minimum absolute atomic E-state index is 0.490. The quantitative estimate of drug-likeness (QED) is 0.728. The first-order chi connectivity index (χ1) is 10.3. The molecule has 0 saturated carbocycles. The number of anilines is 1. The average Bonchev–Trinajstić information content (AvgIpc) is 2.98. The van der Waals surface area contributed by atoms with E-state index >= 15 is 0 Å². The van der Waals surface area contributed by atoms with Crippen molar-refractivity contribution in [3.05, 3.63) is 60.4 Å². The third-order valence-corrected chi connectivity index (χ3v) is 2.96. The molecule has 0 unspecified atom stereocenters. The van der Waals surface area contributed by atoms with Gasteiger partial charge in [-0.05, 0) is 36.4 Å². The van der Waals surface area contributed by atoms with Crippen molar-refractivity contribution in [2.24, 2.45) is 0 Å². The van der Waals surface area contributed by atoms with Gasteiger partial charge in [0.15, 0.2) is 5.82 Å². The summed E-state index contributed by atoms with van der Waals surface area (Å²) >= 11 is 0. The van der Waals surface area contributed by atoms with Crippen LogP contribution in [0.5, 0.6) is 5.75 Å². The maximum Gasteiger partial charge on any atom is 0.257 e. The summed E-state index contributed by atoms with van der Waals surface area (Å²) in [5, 5.41) is 3.95. The summed E-state index contributed by atoms with van der Waals surface area (Å²) in [6, 6.07) is 17.0. The Labute approximate surface area is 122 Å². The van der Waals surface area contributed by atoms with Crippen molar-refractivity contribution in [3.8, 4) is 17.2 Å². The van der Waals surface area contributed by atoms with E-state index in [0.717, 1.165) is 11.3 Å². The standard InChI is InChI=1S/C16H15N3O2/c17-13-8-6-12(7-9-13)16-18-15(19-21-16)10-11-20-14-4-2-1-3-5-14/h1-9H,10-11,17H2. The average molecular weight is 281 g/mol. The number of nitrogen functional groups attached to an aromatic ring is 1. The third kappa shape index (κ3) is 3.39. The van der Waals surface area contributed by atoms with E-state index in [-0.39, 0.29) is 0 Å². The predicted molar refractivity (Wildman–Crippen MR) is 79.8 cm³/mol. The molecule has 0 radical (unpaired) electrons. The van der Waals surface area contributed by atoms with Gasteiger partial charge in [0, 0.05) is 17.7 Å². The maximum absolute atomic E-state index is 5.65. The highest BCUT2D eigenvalue weighted by Crippen LogP contribution is 2.18. The first-order valence-electron chi connectivity index (χ1n) is 6.67. The van der Waals surface area contributed by atoms with Gasteiger partial charge in [-0.3, -0.25) is 0 Å². The van der Waals surface area contributed by atoms with Crippen LogP contribution in [0.3, 0.4) is 0 Å². The summed E-state index contributed by atoms with van der Waals surface area (Å²) in [6.07, 6.45) is 0.591. The first kappa shape index (κ1) is 13.2. The molecule has 2 N–H and O–H groups in total. The van der Waals surface area contributed by atoms with E-state index in [1.165, 1.54) is 0 Å². The smallest absolute Gasteiger partial charge is 0.257 e. The number of rotatable bonds is 5. The van der Waals surface area contributed by atoms with Crippen LogP contribution in [0, 0.1) is 0 Å². The molecule has 1 aromatic heterocycles. The van der Waals surface area contributed by atoms with Crippen LogP contribution in [-0.2, 0) is 6.42 Å². The second-order valence-corrected chi connectivity index (χ2v) is 4.55. The zero-order chi connectivity index (χ0) is 14.5. The highest BCUT2D eigenvalue weighted by molar-refractivity contribution is 5.56. The molecule has 2 aromatic carbocycles. The van der Waals surface area contributed by atoms with Crippen molar-refractivity contribution in [1.82, 2.24) is 10.1 Å². The minimum atomic E-state index is 0.490.